The van der Waals surface area contributed by atoms with Crippen LogP contribution in [0, 0.1) is 4.32 Å². The zero-order chi connectivity index (χ0) is 8.55. The normalized spacial score (nSPS) is 10.8. The molecule has 0 amide bonds. The van der Waals surface area contributed by atoms with Crippen LogP contribution in [0.25, 0.3) is 5.65 Å². The van der Waals surface area contributed by atoms with Gasteiger partial charge < -0.3 is 0 Å². The molecule has 2 rings (SSSR count). The average molecular weight is 226 g/mol. The van der Waals surface area contributed by atoms with Crippen molar-refractivity contribution in [3.8, 4) is 0 Å². The minimum absolute atomic E-state index is 0.893. The van der Waals surface area contributed by atoms with Crippen LogP contribution in [0.5, 0.6) is 0 Å². The van der Waals surface area contributed by atoms with Crippen LogP contribution in [-0.2, 0) is 6.54 Å². The first-order chi connectivity index (χ1) is 5.83. The Labute approximate surface area is 78.0 Å². The van der Waals surface area contributed by atoms with Crippen molar-refractivity contribution >= 4 is 21.2 Å². The second kappa shape index (κ2) is 2.88. The Morgan fingerprint density at radius 1 is 1.50 bits per heavy atom. The van der Waals surface area contributed by atoms with Gasteiger partial charge in [0.2, 0.25) is 0 Å². The number of fused-ring (bicyclic) bond motifs is 1. The molecule has 0 radical (unpaired) electrons. The van der Waals surface area contributed by atoms with E-state index < -0.39 is 0 Å². The van der Waals surface area contributed by atoms with Crippen LogP contribution in [0.1, 0.15) is 6.92 Å². The van der Waals surface area contributed by atoms with Gasteiger partial charge in [-0.3, -0.25) is 0 Å². The summed E-state index contributed by atoms with van der Waals surface area (Å²) in [7, 11) is 0. The molecule has 0 fully saturated rings. The molecule has 0 aliphatic rings. The minimum atomic E-state index is 0.893. The van der Waals surface area contributed by atoms with Gasteiger partial charge >= 0.3 is 77.6 Å². The topological polar surface area (TPSA) is 22.2 Å². The van der Waals surface area contributed by atoms with Crippen molar-refractivity contribution in [2.24, 2.45) is 0 Å². The van der Waals surface area contributed by atoms with Crippen LogP contribution < -0.4 is 0 Å². The van der Waals surface area contributed by atoms with Crippen LogP contribution in [-0.4, -0.2) is 29.8 Å². The van der Waals surface area contributed by atoms with Crippen molar-refractivity contribution in [2.75, 3.05) is 0 Å². The third kappa shape index (κ3) is 1.04. The van der Waals surface area contributed by atoms with E-state index in [0.717, 1.165) is 16.5 Å². The van der Waals surface area contributed by atoms with Gasteiger partial charge in [0.15, 0.2) is 0 Å². The second-order valence-electron chi connectivity index (χ2n) is 2.53. The van der Waals surface area contributed by atoms with Gasteiger partial charge in [0.05, 0.1) is 0 Å². The van der Waals surface area contributed by atoms with Gasteiger partial charge in [-0.05, 0) is 0 Å². The Balaban J connectivity index is 2.88. The van der Waals surface area contributed by atoms with E-state index in [1.807, 2.05) is 33.5 Å². The van der Waals surface area contributed by atoms with Crippen LogP contribution in [0.4, 0.5) is 0 Å². The van der Waals surface area contributed by atoms with Crippen LogP contribution in [0.15, 0.2) is 24.4 Å². The number of hydrogen-bond donors (Lipinski definition) is 0. The predicted molar refractivity (Wildman–Crippen MR) is 47.9 cm³/mol. The summed E-state index contributed by atoms with van der Waals surface area (Å²) in [6.45, 7) is 2.97. The molecule has 62 valence electrons. The molecule has 0 aliphatic heterocycles. The maximum absolute atomic E-state index is 4.38. The van der Waals surface area contributed by atoms with Crippen molar-refractivity contribution in [1.29, 1.82) is 0 Å². The summed E-state index contributed by atoms with van der Waals surface area (Å²) in [5, 5.41) is 4.38. The van der Waals surface area contributed by atoms with E-state index in [9.17, 15) is 0 Å². The zero-order valence-electron chi connectivity index (χ0n) is 6.77. The Kier molecular flexibility index (Phi) is 1.87. The van der Waals surface area contributed by atoms with Crippen LogP contribution in [0.3, 0.4) is 0 Å². The van der Waals surface area contributed by atoms with E-state index in [0.29, 0.717) is 0 Å². The zero-order valence-corrected chi connectivity index (χ0v) is 8.48. The summed E-state index contributed by atoms with van der Waals surface area (Å²) in [6.07, 6.45) is 2.00. The number of hydrogen-bond acceptors (Lipinski definition) is 1. The molecule has 2 heterocycles. The van der Waals surface area contributed by atoms with Crippen LogP contribution in [0.2, 0.25) is 0 Å². The van der Waals surface area contributed by atoms with E-state index in [4.69, 9.17) is 0 Å². The summed E-state index contributed by atoms with van der Waals surface area (Å²) in [6, 6.07) is 5.98. The molecule has 0 atom stereocenters. The first kappa shape index (κ1) is 7.77. The fourth-order valence-corrected chi connectivity index (χ4v) is 1.85. The number of aromatic nitrogens is 3. The van der Waals surface area contributed by atoms with Crippen molar-refractivity contribution < 1.29 is 0 Å². The van der Waals surface area contributed by atoms with Gasteiger partial charge in [-0.15, -0.1) is 0 Å². The van der Waals surface area contributed by atoms with E-state index in [1.54, 1.807) is 0 Å². The molecule has 12 heavy (non-hydrogen) atoms. The van der Waals surface area contributed by atoms with Crippen LogP contribution >= 0.6 is 0 Å². The molecule has 2 aromatic rings. The number of aryl methyl sites for hydroxylation is 1. The maximum atomic E-state index is 4.38. The Morgan fingerprint density at radius 2 is 2.33 bits per heavy atom. The van der Waals surface area contributed by atoms with Gasteiger partial charge in [0.1, 0.15) is 0 Å². The molecular formula is C8H9N3Se. The second-order valence-corrected chi connectivity index (χ2v) is 3.29. The third-order valence-electron chi connectivity index (χ3n) is 1.79. The Hall–Kier alpha value is -0.861. The quantitative estimate of drug-likeness (QED) is 0.661. The van der Waals surface area contributed by atoms with Crippen molar-refractivity contribution in [2.45, 2.75) is 13.5 Å². The monoisotopic (exact) mass is 227 g/mol. The van der Waals surface area contributed by atoms with E-state index in [-0.39, 0.29) is 0 Å². The molecule has 0 spiro atoms. The third-order valence-corrected chi connectivity index (χ3v) is 2.64. The summed E-state index contributed by atoms with van der Waals surface area (Å²) in [5.41, 5.74) is 0.980. The summed E-state index contributed by atoms with van der Waals surface area (Å²) < 4.78 is 5.02. The molecule has 0 aliphatic carbocycles. The van der Waals surface area contributed by atoms with Gasteiger partial charge in [-0.1, -0.05) is 0 Å². The van der Waals surface area contributed by atoms with Crippen molar-refractivity contribution in [3.05, 3.63) is 28.7 Å². The molecule has 0 aromatic carbocycles. The predicted octanol–water partition coefficient (Wildman–Crippen LogP) is 0.856. The first-order valence-electron chi connectivity index (χ1n) is 3.87. The van der Waals surface area contributed by atoms with E-state index >= 15 is 0 Å². The van der Waals surface area contributed by atoms with Crippen molar-refractivity contribution in [3.63, 3.8) is 0 Å². The molecule has 0 saturated carbocycles. The van der Waals surface area contributed by atoms with E-state index in [2.05, 4.69) is 27.6 Å². The summed E-state index contributed by atoms with van der Waals surface area (Å²) in [5.74, 6) is 0. The summed E-state index contributed by atoms with van der Waals surface area (Å²) in [4.78, 5) is 0. The molecule has 3 nitrogen and oxygen atoms in total. The fourth-order valence-electron chi connectivity index (χ4n) is 1.17. The average Bonchev–Trinajstić information content (AvgIpc) is 2.44. The molecule has 0 N–H and O–H groups in total. The molecular weight excluding hydrogens is 217 g/mol. The molecule has 0 unspecified atom stereocenters. The summed E-state index contributed by atoms with van der Waals surface area (Å²) >= 11 is 3.01. The number of nitrogens with zero attached hydrogens (tertiary/aromatic N) is 3. The van der Waals surface area contributed by atoms with Crippen molar-refractivity contribution in [1.82, 2.24) is 14.2 Å². The van der Waals surface area contributed by atoms with Gasteiger partial charge in [-0.25, -0.2) is 0 Å². The Morgan fingerprint density at radius 3 is 3.00 bits per heavy atom. The Bertz CT molecular complexity index is 455. The molecule has 0 saturated heterocycles. The van der Waals surface area contributed by atoms with Gasteiger partial charge in [0, 0.05) is 0 Å². The number of pyridine rings is 1. The SMILES string of the molecule is CCn1nc2ccccn2c1=[Se]. The number of rotatable bonds is 1. The standard InChI is InChI=1S/C8H9N3Se/c1-2-11-8(12)10-6-4-3-5-7(10)9-11/h3-6H,2H2,1H3. The first-order valence-corrected chi connectivity index (χ1v) is 4.73. The molecule has 2 aromatic heterocycles. The molecule has 4 heteroatoms. The molecule has 0 bridgehead atoms. The fraction of sp³-hybridized carbons (Fsp3) is 0.250. The van der Waals surface area contributed by atoms with E-state index in [1.165, 1.54) is 0 Å². The van der Waals surface area contributed by atoms with Gasteiger partial charge in [0.25, 0.3) is 0 Å². The van der Waals surface area contributed by atoms with Gasteiger partial charge in [-0.2, -0.15) is 0 Å².